The fourth-order valence-electron chi connectivity index (χ4n) is 8.34. The van der Waals surface area contributed by atoms with E-state index < -0.39 is 18.3 Å². The van der Waals surface area contributed by atoms with Gasteiger partial charge in [0, 0.05) is 0 Å². The van der Waals surface area contributed by atoms with Crippen molar-refractivity contribution in [2.45, 2.75) is 79.6 Å². The molecule has 0 radical (unpaired) electrons. The number of fused-ring (bicyclic) bond motifs is 3. The van der Waals surface area contributed by atoms with Crippen LogP contribution in [0.4, 0.5) is 0 Å². The fraction of sp³-hybridized carbons (Fsp3) is 0.310. The van der Waals surface area contributed by atoms with E-state index in [2.05, 4.69) is 159 Å². The van der Waals surface area contributed by atoms with Crippen LogP contribution >= 0.6 is 24.8 Å². The Morgan fingerprint density at radius 2 is 1.13 bits per heavy atom. The molecule has 0 amide bonds. The van der Waals surface area contributed by atoms with E-state index in [4.69, 9.17) is 4.21 Å². The molecule has 0 fully saturated rings. The van der Waals surface area contributed by atoms with Gasteiger partial charge in [-0.05, 0) is 0 Å². The van der Waals surface area contributed by atoms with Crippen molar-refractivity contribution in [2.75, 3.05) is 0 Å². The van der Waals surface area contributed by atoms with Gasteiger partial charge in [0.1, 0.15) is 0 Å². The van der Waals surface area contributed by atoms with Crippen LogP contribution in [0.2, 0.25) is 0 Å². The van der Waals surface area contributed by atoms with E-state index in [0.29, 0.717) is 5.92 Å². The minimum atomic E-state index is -4.86. The number of rotatable bonds is 4. The number of allylic oxidation sites excluding steroid dienone is 4. The van der Waals surface area contributed by atoms with Gasteiger partial charge in [-0.1, -0.05) is 0 Å². The minimum absolute atomic E-state index is 0. The van der Waals surface area contributed by atoms with Crippen LogP contribution in [0.25, 0.3) is 11.1 Å². The fourth-order valence-corrected chi connectivity index (χ4v) is 25.9. The van der Waals surface area contributed by atoms with Crippen molar-refractivity contribution in [1.29, 1.82) is 0 Å². The summed E-state index contributed by atoms with van der Waals surface area (Å²) in [6, 6.07) is 35.6. The van der Waals surface area contributed by atoms with Crippen LogP contribution in [0, 0.1) is 5.92 Å². The Kier molecular flexibility index (Phi) is 9.52. The zero-order valence-corrected chi connectivity index (χ0v) is 32.6. The Labute approximate surface area is 285 Å². The van der Waals surface area contributed by atoms with Gasteiger partial charge in [0.05, 0.1) is 0 Å². The average molecular weight is 717 g/mol. The Morgan fingerprint density at radius 3 is 1.60 bits per heavy atom. The van der Waals surface area contributed by atoms with E-state index in [9.17, 15) is 0 Å². The number of benzene rings is 4. The first-order valence-corrected chi connectivity index (χ1v) is 22.7. The second-order valence-corrected chi connectivity index (χ2v) is 28.1. The molecule has 0 nitrogen and oxygen atoms in total. The molecule has 236 valence electrons. The molecule has 0 heterocycles. The van der Waals surface area contributed by atoms with Gasteiger partial charge in [0.15, 0.2) is 0 Å². The molecule has 2 aliphatic carbocycles. The summed E-state index contributed by atoms with van der Waals surface area (Å²) in [6.45, 7) is 20.9. The van der Waals surface area contributed by atoms with Gasteiger partial charge in [-0.25, -0.2) is 0 Å². The summed E-state index contributed by atoms with van der Waals surface area (Å²) in [5, 5.41) is 0. The van der Waals surface area contributed by atoms with Gasteiger partial charge < -0.3 is 0 Å². The summed E-state index contributed by atoms with van der Waals surface area (Å²) in [5.41, 5.74) is 11.5. The first kappa shape index (κ1) is 35.5. The van der Waals surface area contributed by atoms with Crippen molar-refractivity contribution in [2.24, 2.45) is 5.92 Å². The topological polar surface area (TPSA) is 0 Å². The molecule has 0 aromatic heterocycles. The van der Waals surface area contributed by atoms with Crippen LogP contribution in [0.3, 0.4) is 0 Å². The molecule has 2 aliphatic rings. The molecule has 0 bridgehead atoms. The zero-order chi connectivity index (χ0) is 31.0. The molecule has 4 aromatic carbocycles. The molecule has 0 saturated heterocycles. The monoisotopic (exact) mass is 714 g/mol. The van der Waals surface area contributed by atoms with E-state index in [-0.39, 0.29) is 35.6 Å². The van der Waals surface area contributed by atoms with E-state index in [1.54, 1.807) is 3.28 Å². The molecular formula is C42H50Cl2Zr. The normalized spacial score (nSPS) is 16.4. The van der Waals surface area contributed by atoms with Crippen molar-refractivity contribution in [1.82, 2.24) is 0 Å². The van der Waals surface area contributed by atoms with Crippen molar-refractivity contribution in [3.05, 3.63) is 134 Å². The van der Waals surface area contributed by atoms with Crippen LogP contribution in [-0.2, 0) is 35.5 Å². The molecule has 45 heavy (non-hydrogen) atoms. The van der Waals surface area contributed by atoms with Gasteiger partial charge in [-0.3, -0.25) is 0 Å². The van der Waals surface area contributed by atoms with Crippen LogP contribution in [-0.4, -0.2) is 4.21 Å². The van der Waals surface area contributed by atoms with Gasteiger partial charge in [-0.2, -0.15) is 0 Å². The molecule has 0 N–H and O–H groups in total. The Morgan fingerprint density at radius 1 is 0.644 bits per heavy atom. The summed E-state index contributed by atoms with van der Waals surface area (Å²) >= 11 is -4.86. The van der Waals surface area contributed by atoms with E-state index in [1.807, 2.05) is 0 Å². The first-order valence-electron chi connectivity index (χ1n) is 16.0. The Bertz CT molecular complexity index is 1810. The van der Waals surface area contributed by atoms with Gasteiger partial charge in [-0.15, -0.1) is 24.8 Å². The third-order valence-electron chi connectivity index (χ3n) is 10.8. The van der Waals surface area contributed by atoms with E-state index >= 15 is 0 Å². The summed E-state index contributed by atoms with van der Waals surface area (Å²) < 4.78 is 11.7. The predicted octanol–water partition coefficient (Wildman–Crippen LogP) is 9.96. The summed E-state index contributed by atoms with van der Waals surface area (Å²) in [7, 11) is 0. The quantitative estimate of drug-likeness (QED) is 0.174. The molecule has 0 spiro atoms. The van der Waals surface area contributed by atoms with Gasteiger partial charge in [0.2, 0.25) is 0 Å². The molecule has 1 atom stereocenters. The Hall–Kier alpha value is -2.31. The SMILES string of the molecule is Cl.Cl.[CH2]=[Zr]([C]1=C(C)C(C)=CC1C)([c]1ccc(C(C)(C)C)cc1)([c]1ccc(C(C)(C)C)cc1)[c]1cccc2c1Cc1ccccc1-2. The molecule has 3 heteroatoms. The number of hydrogen-bond acceptors (Lipinski definition) is 0. The Balaban J connectivity index is 0.00000230. The zero-order valence-electron chi connectivity index (χ0n) is 28.5. The average Bonchev–Trinajstić information content (AvgIpc) is 3.47. The number of halogens is 2. The van der Waals surface area contributed by atoms with E-state index in [1.165, 1.54) is 54.3 Å². The maximum atomic E-state index is 5.77. The third kappa shape index (κ3) is 5.36. The van der Waals surface area contributed by atoms with Crippen LogP contribution in [0.15, 0.2) is 111 Å². The number of hydrogen-bond donors (Lipinski definition) is 0. The standard InChI is InChI=1S/C13H9.2C10H13.C8H11.CH2.2ClH.Zr/c1-3-7-12-10(5-1)9-11-6-2-4-8-13(11)12;2*1-10(2,3)9-7-5-4-6-8-9;1-6-4-7(2)8(3)5-6;;;;/h1-5,7-8H,9H2;2*5-8H,1-3H3;4,6H,1-3H3;1H2;2*1H;. The molecule has 0 aliphatic heterocycles. The van der Waals surface area contributed by atoms with Gasteiger partial charge >= 0.3 is 263 Å². The van der Waals surface area contributed by atoms with Crippen molar-refractivity contribution in [3.8, 4) is 11.1 Å². The van der Waals surface area contributed by atoms with Crippen molar-refractivity contribution < 1.29 is 18.3 Å². The summed E-state index contributed by atoms with van der Waals surface area (Å²) in [5.74, 6) is 0.326. The molecule has 4 aromatic rings. The maximum absolute atomic E-state index is 5.77. The predicted molar refractivity (Wildman–Crippen MR) is 201 cm³/mol. The van der Waals surface area contributed by atoms with Crippen LogP contribution < -0.4 is 9.81 Å². The van der Waals surface area contributed by atoms with E-state index in [0.717, 1.165) is 6.42 Å². The van der Waals surface area contributed by atoms with Crippen LogP contribution in [0.1, 0.15) is 84.6 Å². The molecule has 1 unspecified atom stereocenters. The molecular weight excluding hydrogens is 667 g/mol. The molecule has 0 saturated carbocycles. The van der Waals surface area contributed by atoms with Crippen molar-refractivity contribution in [3.63, 3.8) is 0 Å². The van der Waals surface area contributed by atoms with Gasteiger partial charge in [0.25, 0.3) is 0 Å². The van der Waals surface area contributed by atoms with Crippen molar-refractivity contribution >= 4 is 38.8 Å². The summed E-state index contributed by atoms with van der Waals surface area (Å²) in [4.78, 5) is 0. The third-order valence-corrected chi connectivity index (χ3v) is 27.7. The second kappa shape index (κ2) is 12.1. The first-order chi connectivity index (χ1) is 20.2. The molecule has 6 rings (SSSR count). The summed E-state index contributed by atoms with van der Waals surface area (Å²) in [6.07, 6.45) is 3.46. The van der Waals surface area contributed by atoms with Crippen LogP contribution in [0.5, 0.6) is 0 Å². The second-order valence-electron chi connectivity index (χ2n) is 15.5.